The van der Waals surface area contributed by atoms with E-state index in [-0.39, 0.29) is 18.2 Å². The van der Waals surface area contributed by atoms with Gasteiger partial charge in [-0.1, -0.05) is 11.6 Å². The molecule has 0 bridgehead atoms. The second-order valence-corrected chi connectivity index (χ2v) is 6.24. The van der Waals surface area contributed by atoms with Crippen molar-refractivity contribution < 1.29 is 23.9 Å². The van der Waals surface area contributed by atoms with E-state index >= 15 is 0 Å². The normalized spacial score (nSPS) is 13.9. The molecule has 1 aliphatic rings. The minimum absolute atomic E-state index is 0.0235. The van der Waals surface area contributed by atoms with Crippen molar-refractivity contribution in [2.45, 2.75) is 32.9 Å². The van der Waals surface area contributed by atoms with Crippen molar-refractivity contribution in [3.63, 3.8) is 0 Å². The Morgan fingerprint density at radius 3 is 2.64 bits per heavy atom. The van der Waals surface area contributed by atoms with Gasteiger partial charge in [-0.15, -0.1) is 0 Å². The van der Waals surface area contributed by atoms with Gasteiger partial charge in [0.2, 0.25) is 0 Å². The van der Waals surface area contributed by atoms with Gasteiger partial charge in [0.1, 0.15) is 12.4 Å². The van der Waals surface area contributed by atoms with E-state index in [0.29, 0.717) is 16.3 Å². The Morgan fingerprint density at radius 1 is 1.24 bits per heavy atom. The van der Waals surface area contributed by atoms with Crippen molar-refractivity contribution in [2.24, 2.45) is 0 Å². The minimum atomic E-state index is -1.13. The summed E-state index contributed by atoms with van der Waals surface area (Å²) in [5.74, 6) is -0.804. The van der Waals surface area contributed by atoms with E-state index in [9.17, 15) is 14.4 Å². The van der Waals surface area contributed by atoms with Gasteiger partial charge in [-0.2, -0.15) is 0 Å². The number of fused-ring (bicyclic) bond motifs is 1. The molecule has 25 heavy (non-hydrogen) atoms. The van der Waals surface area contributed by atoms with E-state index in [1.54, 1.807) is 38.1 Å². The van der Waals surface area contributed by atoms with Gasteiger partial charge in [0, 0.05) is 16.6 Å². The quantitative estimate of drug-likeness (QED) is 0.797. The highest BCUT2D eigenvalue weighted by Gasteiger charge is 2.24. The van der Waals surface area contributed by atoms with E-state index in [0.717, 1.165) is 0 Å². The second kappa shape index (κ2) is 8.02. The third kappa shape index (κ3) is 5.22. The zero-order valence-corrected chi connectivity index (χ0v) is 14.8. The highest BCUT2D eigenvalue weighted by atomic mass is 35.5. The summed E-state index contributed by atoms with van der Waals surface area (Å²) in [5.41, 5.74) is 0.903. The number of benzene rings is 1. The summed E-state index contributed by atoms with van der Waals surface area (Å²) < 4.78 is 10.6. The highest BCUT2D eigenvalue weighted by Crippen LogP contribution is 2.29. The monoisotopic (exact) mass is 366 g/mol. The van der Waals surface area contributed by atoms with E-state index in [4.69, 9.17) is 21.1 Å². The Hall–Kier alpha value is -2.54. The maximum Gasteiger partial charge on any atom is 0.338 e. The predicted molar refractivity (Wildman–Crippen MR) is 92.3 cm³/mol. The Bertz CT molecular complexity index is 730. The van der Waals surface area contributed by atoms with E-state index in [1.165, 1.54) is 6.92 Å². The number of carbonyl (C=O) groups is 3. The van der Waals surface area contributed by atoms with Gasteiger partial charge in [-0.25, -0.2) is 9.59 Å². The van der Waals surface area contributed by atoms with Crippen LogP contribution in [0.1, 0.15) is 26.3 Å². The summed E-state index contributed by atoms with van der Waals surface area (Å²) in [5, 5.41) is 5.13. The smallest absolute Gasteiger partial charge is 0.338 e. The molecule has 3 amide bonds. The van der Waals surface area contributed by atoms with E-state index < -0.39 is 24.0 Å². The van der Waals surface area contributed by atoms with Crippen LogP contribution in [-0.2, 0) is 14.3 Å². The number of carbonyl (C=O) groups excluding carboxylic acids is 3. The summed E-state index contributed by atoms with van der Waals surface area (Å²) in [4.78, 5) is 35.6. The molecule has 0 fully saturated rings. The average molecular weight is 367 g/mol. The molecule has 0 saturated carbocycles. The fourth-order valence-electron chi connectivity index (χ4n) is 2.07. The molecule has 0 aromatic heterocycles. The second-order valence-electron chi connectivity index (χ2n) is 5.81. The number of halogens is 1. The first-order chi connectivity index (χ1) is 11.8. The van der Waals surface area contributed by atoms with Crippen LogP contribution >= 0.6 is 11.6 Å². The first kappa shape index (κ1) is 18.8. The van der Waals surface area contributed by atoms with Crippen LogP contribution in [-0.4, -0.2) is 36.7 Å². The molecule has 1 aromatic rings. The number of amides is 3. The van der Waals surface area contributed by atoms with Crippen LogP contribution in [0.5, 0.6) is 5.75 Å². The lowest BCUT2D eigenvalue weighted by molar-refractivity contribution is -0.151. The molecule has 0 saturated heterocycles. The maximum absolute atomic E-state index is 12.2. The molecule has 1 unspecified atom stereocenters. The number of nitrogens with one attached hydrogen (secondary N) is 2. The van der Waals surface area contributed by atoms with Crippen LogP contribution in [0.2, 0.25) is 5.02 Å². The standard InChI is InChI=1S/C17H19ClN2O5/c1-9(2)19-17(23)20-15(21)10(3)25-16(22)12-6-11-7-13(18)4-5-14(11)24-8-12/h4-7,9-10H,8H2,1-3H3,(H2,19,20,21,23). The summed E-state index contributed by atoms with van der Waals surface area (Å²) in [7, 11) is 0. The molecule has 0 spiro atoms. The number of ether oxygens (including phenoxy) is 2. The number of hydrogen-bond acceptors (Lipinski definition) is 5. The van der Waals surface area contributed by atoms with Crippen molar-refractivity contribution in [1.29, 1.82) is 0 Å². The first-order valence-electron chi connectivity index (χ1n) is 7.71. The molecule has 0 aliphatic carbocycles. The lowest BCUT2D eigenvalue weighted by atomic mass is 10.1. The Balaban J connectivity index is 1.97. The van der Waals surface area contributed by atoms with Crippen molar-refractivity contribution >= 4 is 35.6 Å². The molecule has 1 aliphatic heterocycles. The SMILES string of the molecule is CC(C)NC(=O)NC(=O)C(C)OC(=O)C1=Cc2cc(Cl)ccc2OC1. The van der Waals surface area contributed by atoms with Gasteiger partial charge >= 0.3 is 12.0 Å². The number of rotatable bonds is 4. The zero-order chi connectivity index (χ0) is 18.6. The van der Waals surface area contributed by atoms with Crippen LogP contribution in [0.3, 0.4) is 0 Å². The fraction of sp³-hybridized carbons (Fsp3) is 0.353. The number of urea groups is 1. The van der Waals surface area contributed by atoms with Crippen molar-refractivity contribution in [3.05, 3.63) is 34.4 Å². The Labute approximate surface area is 150 Å². The Morgan fingerprint density at radius 2 is 1.96 bits per heavy atom. The molecule has 2 rings (SSSR count). The van der Waals surface area contributed by atoms with E-state index in [2.05, 4.69) is 10.6 Å². The van der Waals surface area contributed by atoms with Crippen LogP contribution in [0.25, 0.3) is 6.08 Å². The topological polar surface area (TPSA) is 93.7 Å². The van der Waals surface area contributed by atoms with Crippen molar-refractivity contribution in [3.8, 4) is 5.75 Å². The molecule has 1 atom stereocenters. The van der Waals surface area contributed by atoms with Crippen LogP contribution in [0.4, 0.5) is 4.79 Å². The summed E-state index contributed by atoms with van der Waals surface area (Å²) in [6.45, 7) is 4.92. The molecular weight excluding hydrogens is 348 g/mol. The lowest BCUT2D eigenvalue weighted by Gasteiger charge is -2.19. The minimum Gasteiger partial charge on any atom is -0.488 e. The summed E-state index contributed by atoms with van der Waals surface area (Å²) in [6.07, 6.45) is 0.468. The number of esters is 1. The summed E-state index contributed by atoms with van der Waals surface area (Å²) >= 11 is 5.92. The fourth-order valence-corrected chi connectivity index (χ4v) is 2.25. The zero-order valence-electron chi connectivity index (χ0n) is 14.1. The van der Waals surface area contributed by atoms with Gasteiger partial charge in [-0.05, 0) is 45.0 Å². The van der Waals surface area contributed by atoms with Gasteiger partial charge in [0.25, 0.3) is 5.91 Å². The highest BCUT2D eigenvalue weighted by molar-refractivity contribution is 6.30. The molecule has 8 heteroatoms. The van der Waals surface area contributed by atoms with Crippen molar-refractivity contribution in [2.75, 3.05) is 6.61 Å². The van der Waals surface area contributed by atoms with Crippen molar-refractivity contribution in [1.82, 2.24) is 10.6 Å². The molecule has 0 radical (unpaired) electrons. The predicted octanol–water partition coefficient (Wildman–Crippen LogP) is 2.28. The van der Waals surface area contributed by atoms with Gasteiger partial charge in [0.15, 0.2) is 6.10 Å². The van der Waals surface area contributed by atoms with Gasteiger partial charge in [-0.3, -0.25) is 10.1 Å². The summed E-state index contributed by atoms with van der Waals surface area (Å²) in [6, 6.07) is 4.29. The Kier molecular flexibility index (Phi) is 6.03. The van der Waals surface area contributed by atoms with Crippen LogP contribution in [0, 0.1) is 0 Å². The third-order valence-corrected chi connectivity index (χ3v) is 3.49. The molecule has 2 N–H and O–H groups in total. The largest absolute Gasteiger partial charge is 0.488 e. The van der Waals surface area contributed by atoms with E-state index in [1.807, 2.05) is 0 Å². The van der Waals surface area contributed by atoms with Crippen LogP contribution in [0.15, 0.2) is 23.8 Å². The van der Waals surface area contributed by atoms with Gasteiger partial charge in [0.05, 0.1) is 5.57 Å². The maximum atomic E-state index is 12.2. The molecule has 134 valence electrons. The average Bonchev–Trinajstić information content (AvgIpc) is 2.52. The molecule has 1 aromatic carbocycles. The molecule has 1 heterocycles. The van der Waals surface area contributed by atoms with Crippen LogP contribution < -0.4 is 15.4 Å². The van der Waals surface area contributed by atoms with Gasteiger partial charge < -0.3 is 14.8 Å². The number of hydrogen-bond donors (Lipinski definition) is 2. The molecule has 7 nitrogen and oxygen atoms in total. The third-order valence-electron chi connectivity index (χ3n) is 3.26. The lowest BCUT2D eigenvalue weighted by Crippen LogP contribution is -2.46. The number of imide groups is 1. The first-order valence-corrected chi connectivity index (χ1v) is 8.09. The molecular formula is C17H19ClN2O5.